The number of nitrogens with two attached hydrogens (primary N) is 1. The number of aromatic nitrogens is 3. The van der Waals surface area contributed by atoms with E-state index in [-0.39, 0.29) is 6.42 Å². The topological polar surface area (TPSA) is 84.7 Å². The van der Waals surface area contributed by atoms with Crippen molar-refractivity contribution >= 4 is 5.91 Å². The first kappa shape index (κ1) is 5.74. The van der Waals surface area contributed by atoms with Gasteiger partial charge in [-0.3, -0.25) is 4.79 Å². The second-order valence-corrected chi connectivity index (χ2v) is 1.60. The Bertz CT molecular complexity index is 192. The van der Waals surface area contributed by atoms with Crippen LogP contribution >= 0.6 is 0 Å². The van der Waals surface area contributed by atoms with Crippen molar-refractivity contribution in [1.82, 2.24) is 15.4 Å². The molecule has 0 unspecified atom stereocenters. The van der Waals surface area contributed by atoms with Crippen LogP contribution < -0.4 is 5.73 Å². The standard InChI is InChI=1S/C4H6N4O/c5-4(9)1-3-2-6-8-7-3/h2H,1H2,(H2,5,9)(H,6,7,8). The molecule has 3 N–H and O–H groups in total. The minimum absolute atomic E-state index is 0.149. The highest BCUT2D eigenvalue weighted by Crippen LogP contribution is 1.87. The molecule has 0 aliphatic rings. The number of rotatable bonds is 2. The average molecular weight is 126 g/mol. The number of nitrogens with zero attached hydrogens (tertiary/aromatic N) is 2. The van der Waals surface area contributed by atoms with Crippen molar-refractivity contribution < 1.29 is 4.79 Å². The van der Waals surface area contributed by atoms with E-state index in [0.717, 1.165) is 0 Å². The smallest absolute Gasteiger partial charge is 0.223 e. The monoisotopic (exact) mass is 126 g/mol. The third-order valence-corrected chi connectivity index (χ3v) is 0.820. The number of hydrogen-bond donors (Lipinski definition) is 2. The quantitative estimate of drug-likeness (QED) is 0.523. The van der Waals surface area contributed by atoms with Gasteiger partial charge < -0.3 is 5.73 Å². The van der Waals surface area contributed by atoms with E-state index in [1.807, 2.05) is 0 Å². The molecule has 1 rings (SSSR count). The number of H-pyrrole nitrogens is 1. The summed E-state index contributed by atoms with van der Waals surface area (Å²) < 4.78 is 0. The molecule has 48 valence electrons. The predicted octanol–water partition coefficient (Wildman–Crippen LogP) is -1.17. The molecule has 1 aromatic heterocycles. The van der Waals surface area contributed by atoms with E-state index in [0.29, 0.717) is 5.69 Å². The molecular formula is C4H6N4O. The molecule has 0 aliphatic carbocycles. The minimum Gasteiger partial charge on any atom is -0.369 e. The van der Waals surface area contributed by atoms with Gasteiger partial charge in [0.05, 0.1) is 18.3 Å². The summed E-state index contributed by atoms with van der Waals surface area (Å²) in [6.45, 7) is 0. The number of carbonyl (C=O) groups excluding carboxylic acids is 1. The van der Waals surface area contributed by atoms with Gasteiger partial charge in [-0.1, -0.05) is 0 Å². The summed E-state index contributed by atoms with van der Waals surface area (Å²) in [6, 6.07) is 0. The van der Waals surface area contributed by atoms with E-state index in [1.54, 1.807) is 0 Å². The molecule has 0 radical (unpaired) electrons. The maximum absolute atomic E-state index is 10.2. The Balaban J connectivity index is 2.58. The van der Waals surface area contributed by atoms with E-state index in [9.17, 15) is 4.79 Å². The van der Waals surface area contributed by atoms with E-state index < -0.39 is 5.91 Å². The molecule has 0 atom stereocenters. The van der Waals surface area contributed by atoms with Crippen LogP contribution in [0.25, 0.3) is 0 Å². The number of primary amides is 1. The summed E-state index contributed by atoms with van der Waals surface area (Å²) in [5.74, 6) is -0.399. The van der Waals surface area contributed by atoms with Crippen molar-refractivity contribution in [3.8, 4) is 0 Å². The lowest BCUT2D eigenvalue weighted by Crippen LogP contribution is -2.13. The third kappa shape index (κ3) is 1.52. The summed E-state index contributed by atoms with van der Waals surface area (Å²) in [4.78, 5) is 10.2. The largest absolute Gasteiger partial charge is 0.369 e. The van der Waals surface area contributed by atoms with Gasteiger partial charge in [-0.05, 0) is 0 Å². The van der Waals surface area contributed by atoms with Crippen LogP contribution in [0.3, 0.4) is 0 Å². The average Bonchev–Trinajstić information content (AvgIpc) is 2.15. The van der Waals surface area contributed by atoms with Gasteiger partial charge in [0.25, 0.3) is 0 Å². The molecule has 5 nitrogen and oxygen atoms in total. The molecule has 0 spiro atoms. The maximum Gasteiger partial charge on any atom is 0.223 e. The predicted molar refractivity (Wildman–Crippen MR) is 29.3 cm³/mol. The fourth-order valence-corrected chi connectivity index (χ4v) is 0.489. The van der Waals surface area contributed by atoms with Crippen molar-refractivity contribution in [1.29, 1.82) is 0 Å². The van der Waals surface area contributed by atoms with Crippen LogP contribution in [0, 0.1) is 0 Å². The number of aromatic amines is 1. The van der Waals surface area contributed by atoms with Gasteiger partial charge in [-0.15, -0.1) is 0 Å². The van der Waals surface area contributed by atoms with Crippen LogP contribution in [0.4, 0.5) is 0 Å². The molecular weight excluding hydrogens is 120 g/mol. The van der Waals surface area contributed by atoms with Crippen molar-refractivity contribution in [2.24, 2.45) is 5.73 Å². The number of nitrogens with one attached hydrogen (secondary N) is 1. The van der Waals surface area contributed by atoms with Gasteiger partial charge in [0.2, 0.25) is 5.91 Å². The molecule has 1 amide bonds. The fraction of sp³-hybridized carbons (Fsp3) is 0.250. The highest BCUT2D eigenvalue weighted by atomic mass is 16.1. The molecule has 0 aromatic carbocycles. The zero-order valence-electron chi connectivity index (χ0n) is 4.66. The van der Waals surface area contributed by atoms with Gasteiger partial charge in [-0.2, -0.15) is 15.4 Å². The minimum atomic E-state index is -0.399. The number of carbonyl (C=O) groups is 1. The molecule has 0 aliphatic heterocycles. The molecule has 1 heterocycles. The Labute approximate surface area is 51.2 Å². The zero-order chi connectivity index (χ0) is 6.69. The highest BCUT2D eigenvalue weighted by molar-refractivity contribution is 5.75. The lowest BCUT2D eigenvalue weighted by Gasteiger charge is -1.83. The van der Waals surface area contributed by atoms with Crippen LogP contribution in [0.2, 0.25) is 0 Å². The summed E-state index contributed by atoms with van der Waals surface area (Å²) in [5, 5.41) is 9.48. The van der Waals surface area contributed by atoms with Gasteiger partial charge in [0, 0.05) is 0 Å². The molecule has 1 aromatic rings. The normalized spacial score (nSPS) is 9.33. The van der Waals surface area contributed by atoms with Crippen LogP contribution in [-0.2, 0) is 11.2 Å². The first-order valence-corrected chi connectivity index (χ1v) is 2.42. The van der Waals surface area contributed by atoms with Gasteiger partial charge in [0.15, 0.2) is 0 Å². The van der Waals surface area contributed by atoms with Crippen molar-refractivity contribution in [2.45, 2.75) is 6.42 Å². The molecule has 0 saturated carbocycles. The van der Waals surface area contributed by atoms with Crippen molar-refractivity contribution in [3.63, 3.8) is 0 Å². The fourth-order valence-electron chi connectivity index (χ4n) is 0.489. The molecule has 0 saturated heterocycles. The van der Waals surface area contributed by atoms with Crippen LogP contribution in [0.1, 0.15) is 5.69 Å². The van der Waals surface area contributed by atoms with Gasteiger partial charge in [-0.25, -0.2) is 0 Å². The Morgan fingerprint density at radius 1 is 1.89 bits per heavy atom. The Kier molecular flexibility index (Phi) is 1.44. The lowest BCUT2D eigenvalue weighted by atomic mass is 10.3. The molecule has 5 heteroatoms. The summed E-state index contributed by atoms with van der Waals surface area (Å²) in [5.41, 5.74) is 5.43. The van der Waals surface area contributed by atoms with Crippen molar-refractivity contribution in [3.05, 3.63) is 11.9 Å². The number of hydrogen-bond acceptors (Lipinski definition) is 3. The Morgan fingerprint density at radius 3 is 3.11 bits per heavy atom. The van der Waals surface area contributed by atoms with Gasteiger partial charge >= 0.3 is 0 Å². The first-order chi connectivity index (χ1) is 4.29. The Hall–Kier alpha value is -1.39. The summed E-state index contributed by atoms with van der Waals surface area (Å²) in [7, 11) is 0. The van der Waals surface area contributed by atoms with E-state index in [1.165, 1.54) is 6.20 Å². The van der Waals surface area contributed by atoms with E-state index >= 15 is 0 Å². The first-order valence-electron chi connectivity index (χ1n) is 2.42. The molecule has 0 bridgehead atoms. The summed E-state index contributed by atoms with van der Waals surface area (Å²) >= 11 is 0. The maximum atomic E-state index is 10.2. The zero-order valence-corrected chi connectivity index (χ0v) is 4.66. The van der Waals surface area contributed by atoms with Crippen LogP contribution in [0.15, 0.2) is 6.20 Å². The van der Waals surface area contributed by atoms with Crippen molar-refractivity contribution in [2.75, 3.05) is 0 Å². The third-order valence-electron chi connectivity index (χ3n) is 0.820. The van der Waals surface area contributed by atoms with Gasteiger partial charge in [0.1, 0.15) is 0 Å². The van der Waals surface area contributed by atoms with E-state index in [2.05, 4.69) is 15.4 Å². The molecule has 0 fully saturated rings. The SMILES string of the molecule is NC(=O)Cc1cn[nH]n1. The van der Waals surface area contributed by atoms with Crippen LogP contribution in [0.5, 0.6) is 0 Å². The molecule has 9 heavy (non-hydrogen) atoms. The van der Waals surface area contributed by atoms with Crippen LogP contribution in [-0.4, -0.2) is 21.3 Å². The Morgan fingerprint density at radius 2 is 2.67 bits per heavy atom. The lowest BCUT2D eigenvalue weighted by molar-refractivity contribution is -0.117. The van der Waals surface area contributed by atoms with E-state index in [4.69, 9.17) is 5.73 Å². The second-order valence-electron chi connectivity index (χ2n) is 1.60. The highest BCUT2D eigenvalue weighted by Gasteiger charge is 1.98. The number of amides is 1. The second kappa shape index (κ2) is 2.25. The summed E-state index contributed by atoms with van der Waals surface area (Å²) in [6.07, 6.45) is 1.61.